The Morgan fingerprint density at radius 3 is 2.41 bits per heavy atom. The van der Waals surface area contributed by atoms with Crippen LogP contribution < -0.4 is 15.4 Å². The number of ether oxygens (including phenoxy) is 1. The minimum Gasteiger partial charge on any atom is -0.377 e. The first-order chi connectivity index (χ1) is 13.2. The number of rotatable bonds is 12. The molecule has 0 aromatic rings. The van der Waals surface area contributed by atoms with Gasteiger partial charge in [-0.3, -0.25) is 9.89 Å². The van der Waals surface area contributed by atoms with Gasteiger partial charge >= 0.3 is 0 Å². The summed E-state index contributed by atoms with van der Waals surface area (Å²) >= 11 is 0. The fourth-order valence-corrected chi connectivity index (χ4v) is 4.25. The molecule has 0 saturated carbocycles. The topological polar surface area (TPSA) is 95.1 Å². The van der Waals surface area contributed by atoms with Crippen molar-refractivity contribution in [3.05, 3.63) is 0 Å². The molecule has 1 aliphatic rings. The quantitative estimate of drug-likeness (QED) is 0.196. The van der Waals surface area contributed by atoms with Gasteiger partial charge in [-0.25, -0.2) is 13.1 Å². The van der Waals surface area contributed by atoms with Crippen molar-refractivity contribution in [3.63, 3.8) is 0 Å². The van der Waals surface area contributed by atoms with E-state index in [1.54, 1.807) is 0 Å². The van der Waals surface area contributed by atoms with Crippen LogP contribution in [0.2, 0.25) is 0 Å². The molecule has 0 aromatic carbocycles. The highest BCUT2D eigenvalue weighted by molar-refractivity contribution is 14.0. The molecule has 3 N–H and O–H groups in total. The monoisotopic (exact) mass is 547 g/mol. The van der Waals surface area contributed by atoms with Crippen LogP contribution in [0.4, 0.5) is 0 Å². The molecular weight excluding hydrogens is 505 g/mol. The van der Waals surface area contributed by atoms with Gasteiger partial charge in [0.1, 0.15) is 0 Å². The highest BCUT2D eigenvalue weighted by Gasteiger charge is 2.17. The number of hydrogen-bond donors (Lipinski definition) is 3. The molecule has 0 aromatic heterocycles. The van der Waals surface area contributed by atoms with Gasteiger partial charge in [0.15, 0.2) is 5.96 Å². The minimum absolute atomic E-state index is 0. The van der Waals surface area contributed by atoms with Crippen LogP contribution in [0.25, 0.3) is 0 Å². The fraction of sp³-hybridized carbons (Fsp3) is 0.947. The molecule has 1 atom stereocenters. The van der Waals surface area contributed by atoms with E-state index in [2.05, 4.69) is 52.9 Å². The van der Waals surface area contributed by atoms with Crippen molar-refractivity contribution >= 4 is 40.0 Å². The average molecular weight is 548 g/mol. The molecule has 174 valence electrons. The maximum atomic E-state index is 12.2. The third-order valence-corrected chi connectivity index (χ3v) is 6.12. The molecule has 8 nitrogen and oxygen atoms in total. The number of nitrogens with zero attached hydrogens (tertiary/aromatic N) is 2. The lowest BCUT2D eigenvalue weighted by Gasteiger charge is -2.29. The van der Waals surface area contributed by atoms with E-state index < -0.39 is 10.0 Å². The van der Waals surface area contributed by atoms with Crippen LogP contribution in [-0.4, -0.2) is 82.5 Å². The summed E-state index contributed by atoms with van der Waals surface area (Å²) < 4.78 is 32.6. The van der Waals surface area contributed by atoms with Gasteiger partial charge in [-0.2, -0.15) is 0 Å². The summed E-state index contributed by atoms with van der Waals surface area (Å²) in [5, 5.41) is 6.29. The van der Waals surface area contributed by atoms with E-state index in [0.29, 0.717) is 37.7 Å². The second-order valence-electron chi connectivity index (χ2n) is 7.77. The lowest BCUT2D eigenvalue weighted by Crippen LogP contribution is -2.43. The molecule has 1 saturated heterocycles. The molecule has 1 rings (SSSR count). The first-order valence-corrected chi connectivity index (χ1v) is 12.3. The highest BCUT2D eigenvalue weighted by Crippen LogP contribution is 2.11. The number of halogens is 1. The maximum Gasteiger partial charge on any atom is 0.213 e. The van der Waals surface area contributed by atoms with Crippen LogP contribution in [0.1, 0.15) is 53.9 Å². The summed E-state index contributed by atoms with van der Waals surface area (Å²) in [5.74, 6) is 0.662. The number of guanidine groups is 1. The van der Waals surface area contributed by atoms with Gasteiger partial charge in [-0.15, -0.1) is 24.0 Å². The Labute approximate surface area is 195 Å². The molecule has 0 bridgehead atoms. The molecule has 0 aliphatic carbocycles. The number of hydrogen-bond acceptors (Lipinski definition) is 5. The summed E-state index contributed by atoms with van der Waals surface area (Å²) in [6.07, 6.45) is 3.08. The summed E-state index contributed by atoms with van der Waals surface area (Å²) in [6.45, 7) is 14.4. The minimum atomic E-state index is -3.33. The van der Waals surface area contributed by atoms with Crippen molar-refractivity contribution in [2.75, 3.05) is 45.1 Å². The molecule has 10 heteroatoms. The zero-order valence-electron chi connectivity index (χ0n) is 18.7. The standard InChI is InChI=1S/C19H41N5O3S.HI/c1-6-20-19(21-10-12-24(16(2)3)17(4)5)22-11-14-28(25,26)23-15-18-9-7-8-13-27-18;/h16-18,23H,6-15H2,1-5H3,(H2,20,21,22);1H. The van der Waals surface area contributed by atoms with Gasteiger partial charge < -0.3 is 15.4 Å². The van der Waals surface area contributed by atoms with Gasteiger partial charge in [0.2, 0.25) is 10.0 Å². The van der Waals surface area contributed by atoms with Gasteiger partial charge in [0.05, 0.1) is 18.4 Å². The summed E-state index contributed by atoms with van der Waals surface area (Å²) in [6, 6.07) is 0.935. The highest BCUT2D eigenvalue weighted by atomic mass is 127. The van der Waals surface area contributed by atoms with Crippen molar-refractivity contribution in [2.45, 2.75) is 72.1 Å². The van der Waals surface area contributed by atoms with Crippen LogP contribution in [0.3, 0.4) is 0 Å². The van der Waals surface area contributed by atoms with Crippen molar-refractivity contribution in [3.8, 4) is 0 Å². The first-order valence-electron chi connectivity index (χ1n) is 10.6. The Bertz CT molecular complexity index is 544. The Hall–Kier alpha value is -0.170. The van der Waals surface area contributed by atoms with E-state index in [9.17, 15) is 8.42 Å². The van der Waals surface area contributed by atoms with E-state index in [4.69, 9.17) is 4.74 Å². The second kappa shape index (κ2) is 15.6. The zero-order chi connectivity index (χ0) is 21.0. The van der Waals surface area contributed by atoms with E-state index >= 15 is 0 Å². The third kappa shape index (κ3) is 13.0. The Kier molecular flexibility index (Phi) is 15.5. The molecule has 0 radical (unpaired) electrons. The van der Waals surface area contributed by atoms with Crippen LogP contribution in [0.5, 0.6) is 0 Å². The summed E-state index contributed by atoms with van der Waals surface area (Å²) in [7, 11) is -3.33. The van der Waals surface area contributed by atoms with Gasteiger partial charge in [0.25, 0.3) is 0 Å². The van der Waals surface area contributed by atoms with Crippen molar-refractivity contribution in [2.24, 2.45) is 4.99 Å². The molecule has 0 spiro atoms. The number of nitrogens with one attached hydrogen (secondary N) is 3. The fourth-order valence-electron chi connectivity index (χ4n) is 3.30. The predicted molar refractivity (Wildman–Crippen MR) is 132 cm³/mol. The molecule has 1 fully saturated rings. The Morgan fingerprint density at radius 1 is 1.17 bits per heavy atom. The molecule has 1 aliphatic heterocycles. The Balaban J connectivity index is 0.00000784. The maximum absolute atomic E-state index is 12.2. The van der Waals surface area contributed by atoms with Crippen molar-refractivity contribution < 1.29 is 13.2 Å². The van der Waals surface area contributed by atoms with Crippen LogP contribution in [-0.2, 0) is 14.8 Å². The summed E-state index contributed by atoms with van der Waals surface area (Å²) in [5.41, 5.74) is 0. The lowest BCUT2D eigenvalue weighted by molar-refractivity contribution is 0.0200. The number of sulfonamides is 1. The van der Waals surface area contributed by atoms with Crippen LogP contribution in [0.15, 0.2) is 4.99 Å². The van der Waals surface area contributed by atoms with Gasteiger partial charge in [0, 0.05) is 44.9 Å². The van der Waals surface area contributed by atoms with Gasteiger partial charge in [-0.1, -0.05) is 0 Å². The molecule has 1 unspecified atom stereocenters. The van der Waals surface area contributed by atoms with Gasteiger partial charge in [-0.05, 0) is 53.9 Å². The van der Waals surface area contributed by atoms with Crippen molar-refractivity contribution in [1.29, 1.82) is 0 Å². The normalized spacial score (nSPS) is 18.2. The lowest BCUT2D eigenvalue weighted by atomic mass is 10.1. The SMILES string of the molecule is CCNC(=NCCN(C(C)C)C(C)C)NCCS(=O)(=O)NCC1CCCCO1.I. The third-order valence-electron chi connectivity index (χ3n) is 4.77. The summed E-state index contributed by atoms with van der Waals surface area (Å²) in [4.78, 5) is 6.96. The molecule has 1 heterocycles. The molecule has 29 heavy (non-hydrogen) atoms. The second-order valence-corrected chi connectivity index (χ2v) is 9.70. The van der Waals surface area contributed by atoms with E-state index in [0.717, 1.165) is 39.0 Å². The molecule has 0 amide bonds. The van der Waals surface area contributed by atoms with Crippen LogP contribution >= 0.6 is 24.0 Å². The first kappa shape index (κ1) is 28.8. The van der Waals surface area contributed by atoms with Crippen molar-refractivity contribution in [1.82, 2.24) is 20.3 Å². The smallest absolute Gasteiger partial charge is 0.213 e. The predicted octanol–water partition coefficient (Wildman–Crippen LogP) is 1.77. The van der Waals surface area contributed by atoms with E-state index in [1.807, 2.05) is 6.92 Å². The molecular formula is C19H42IN5O3S. The average Bonchev–Trinajstić information content (AvgIpc) is 2.63. The zero-order valence-corrected chi connectivity index (χ0v) is 21.9. The number of aliphatic imine (C=N–C) groups is 1. The van der Waals surface area contributed by atoms with Crippen LogP contribution in [0, 0.1) is 0 Å². The van der Waals surface area contributed by atoms with E-state index in [1.165, 1.54) is 0 Å². The van der Waals surface area contributed by atoms with E-state index in [-0.39, 0.29) is 35.8 Å². The Morgan fingerprint density at radius 2 is 1.86 bits per heavy atom. The largest absolute Gasteiger partial charge is 0.377 e.